The van der Waals surface area contributed by atoms with Crippen molar-refractivity contribution in [1.29, 1.82) is 0 Å². The molecule has 0 radical (unpaired) electrons. The lowest BCUT2D eigenvalue weighted by atomic mass is 9.84. The van der Waals surface area contributed by atoms with Crippen molar-refractivity contribution in [3.05, 3.63) is 21.6 Å². The molecule has 0 bridgehead atoms. The zero-order valence-electron chi connectivity index (χ0n) is 12.6. The van der Waals surface area contributed by atoms with Gasteiger partial charge >= 0.3 is 0 Å². The third kappa shape index (κ3) is 3.98. The molecule has 118 valence electrons. The third-order valence-electron chi connectivity index (χ3n) is 4.23. The van der Waals surface area contributed by atoms with E-state index in [1.165, 1.54) is 36.8 Å². The molecule has 1 fully saturated rings. The highest BCUT2D eigenvalue weighted by Crippen LogP contribution is 2.28. The van der Waals surface area contributed by atoms with Gasteiger partial charge in [-0.05, 0) is 25.2 Å². The van der Waals surface area contributed by atoms with E-state index in [1.54, 1.807) is 6.20 Å². The summed E-state index contributed by atoms with van der Waals surface area (Å²) >= 11 is 6.20. The van der Waals surface area contributed by atoms with Gasteiger partial charge in [0.2, 0.25) is 0 Å². The predicted octanol–water partition coefficient (Wildman–Crippen LogP) is 2.63. The van der Waals surface area contributed by atoms with Crippen LogP contribution in [0.2, 0.25) is 5.02 Å². The molecule has 0 aliphatic heterocycles. The first kappa shape index (κ1) is 16.3. The summed E-state index contributed by atoms with van der Waals surface area (Å²) in [6.07, 6.45) is 8.69. The fourth-order valence-electron chi connectivity index (χ4n) is 3.04. The lowest BCUT2D eigenvalue weighted by molar-refractivity contribution is 0.320. The van der Waals surface area contributed by atoms with Crippen LogP contribution in [0.1, 0.15) is 45.4 Å². The Morgan fingerprint density at radius 1 is 1.48 bits per heavy atom. The number of hydrogen-bond donors (Lipinski definition) is 2. The van der Waals surface area contributed by atoms with Crippen LogP contribution >= 0.6 is 11.6 Å². The fourth-order valence-corrected chi connectivity index (χ4v) is 3.24. The lowest BCUT2D eigenvalue weighted by Gasteiger charge is -2.30. The van der Waals surface area contributed by atoms with Crippen LogP contribution in [0.25, 0.3) is 0 Å². The largest absolute Gasteiger partial charge is 0.378 e. The van der Waals surface area contributed by atoms with E-state index in [0.717, 1.165) is 6.42 Å². The van der Waals surface area contributed by atoms with Crippen molar-refractivity contribution in [1.82, 2.24) is 9.78 Å². The second-order valence-corrected chi connectivity index (χ2v) is 6.16. The molecule has 0 aromatic carbocycles. The van der Waals surface area contributed by atoms with Gasteiger partial charge in [0.25, 0.3) is 5.56 Å². The lowest BCUT2D eigenvalue weighted by Crippen LogP contribution is -2.38. The molecule has 0 amide bonds. The van der Waals surface area contributed by atoms with E-state index >= 15 is 0 Å². The smallest absolute Gasteiger partial charge is 0.287 e. The Morgan fingerprint density at radius 3 is 2.81 bits per heavy atom. The Bertz CT molecular complexity index is 511. The normalized spacial score (nSPS) is 17.7. The maximum Gasteiger partial charge on any atom is 0.287 e. The molecule has 1 heterocycles. The van der Waals surface area contributed by atoms with Crippen LogP contribution in [0.5, 0.6) is 0 Å². The van der Waals surface area contributed by atoms with Crippen molar-refractivity contribution in [3.8, 4) is 0 Å². The minimum absolute atomic E-state index is 0.158. The average molecular weight is 313 g/mol. The summed E-state index contributed by atoms with van der Waals surface area (Å²) in [4.78, 5) is 12.1. The summed E-state index contributed by atoms with van der Waals surface area (Å²) in [6.45, 7) is 3.13. The predicted molar refractivity (Wildman–Crippen MR) is 86.8 cm³/mol. The highest BCUT2D eigenvalue weighted by atomic mass is 35.5. The van der Waals surface area contributed by atoms with Crippen LogP contribution in [0.4, 0.5) is 5.69 Å². The maximum absolute atomic E-state index is 12.1. The van der Waals surface area contributed by atoms with Crippen molar-refractivity contribution < 1.29 is 0 Å². The van der Waals surface area contributed by atoms with Crippen LogP contribution in [0.15, 0.2) is 11.0 Å². The summed E-state index contributed by atoms with van der Waals surface area (Å²) in [5.41, 5.74) is 6.28. The van der Waals surface area contributed by atoms with Gasteiger partial charge in [-0.25, -0.2) is 4.68 Å². The number of halogens is 1. The second-order valence-electron chi connectivity index (χ2n) is 5.79. The summed E-state index contributed by atoms with van der Waals surface area (Å²) in [5.74, 6) is 0.554. The van der Waals surface area contributed by atoms with Crippen molar-refractivity contribution in [2.75, 3.05) is 11.9 Å². The van der Waals surface area contributed by atoms with E-state index in [4.69, 9.17) is 17.3 Å². The molecule has 1 unspecified atom stereocenters. The monoisotopic (exact) mass is 312 g/mol. The van der Waals surface area contributed by atoms with Crippen LogP contribution in [-0.4, -0.2) is 22.4 Å². The Balaban J connectivity index is 2.13. The van der Waals surface area contributed by atoms with Gasteiger partial charge < -0.3 is 11.1 Å². The standard InChI is InChI=1S/C15H25ClN4O/c1-2-8-20-15(21)14(16)13(10-18-20)19-12(9-17)11-6-4-3-5-7-11/h10-12,19H,2-9,17H2,1H3. The summed E-state index contributed by atoms with van der Waals surface area (Å²) in [5, 5.41) is 7.74. The van der Waals surface area contributed by atoms with Gasteiger partial charge in [0.05, 0.1) is 11.9 Å². The second kappa shape index (κ2) is 7.80. The van der Waals surface area contributed by atoms with Gasteiger partial charge in [-0.3, -0.25) is 4.79 Å². The molecule has 1 aromatic rings. The number of aromatic nitrogens is 2. The van der Waals surface area contributed by atoms with Gasteiger partial charge in [0, 0.05) is 19.1 Å². The van der Waals surface area contributed by atoms with E-state index < -0.39 is 0 Å². The van der Waals surface area contributed by atoms with E-state index in [1.807, 2.05) is 6.92 Å². The number of nitrogens with two attached hydrogens (primary N) is 1. The quantitative estimate of drug-likeness (QED) is 0.847. The van der Waals surface area contributed by atoms with Crippen molar-refractivity contribution >= 4 is 17.3 Å². The van der Waals surface area contributed by atoms with Crippen molar-refractivity contribution in [2.45, 2.75) is 58.0 Å². The SMILES string of the molecule is CCCn1ncc(NC(CN)C2CCCCC2)c(Cl)c1=O. The summed E-state index contributed by atoms with van der Waals surface area (Å²) in [7, 11) is 0. The molecule has 6 heteroatoms. The number of anilines is 1. The van der Waals surface area contributed by atoms with Gasteiger partial charge in [-0.1, -0.05) is 37.8 Å². The van der Waals surface area contributed by atoms with Gasteiger partial charge in [-0.2, -0.15) is 5.10 Å². The van der Waals surface area contributed by atoms with Crippen molar-refractivity contribution in [2.24, 2.45) is 11.7 Å². The van der Waals surface area contributed by atoms with Crippen LogP contribution in [0.3, 0.4) is 0 Å². The molecule has 2 rings (SSSR count). The minimum Gasteiger partial charge on any atom is -0.378 e. The Kier molecular flexibility index (Phi) is 6.06. The third-order valence-corrected chi connectivity index (χ3v) is 4.60. The van der Waals surface area contributed by atoms with E-state index in [0.29, 0.717) is 24.7 Å². The Labute approximate surface area is 130 Å². The Morgan fingerprint density at radius 2 is 2.19 bits per heavy atom. The molecular formula is C15H25ClN4O. The summed E-state index contributed by atoms with van der Waals surface area (Å²) < 4.78 is 1.41. The highest BCUT2D eigenvalue weighted by Gasteiger charge is 2.23. The molecule has 1 atom stereocenters. The molecular weight excluding hydrogens is 288 g/mol. The first-order valence-electron chi connectivity index (χ1n) is 7.89. The van der Waals surface area contributed by atoms with E-state index in [-0.39, 0.29) is 16.6 Å². The van der Waals surface area contributed by atoms with Gasteiger partial charge in [-0.15, -0.1) is 0 Å². The van der Waals surface area contributed by atoms with Crippen LogP contribution < -0.4 is 16.6 Å². The van der Waals surface area contributed by atoms with E-state index in [2.05, 4.69) is 10.4 Å². The number of nitrogens with one attached hydrogen (secondary N) is 1. The molecule has 1 aromatic heterocycles. The number of aryl methyl sites for hydroxylation is 1. The zero-order chi connectivity index (χ0) is 15.2. The number of rotatable bonds is 6. The summed E-state index contributed by atoms with van der Waals surface area (Å²) in [6, 6.07) is 0.158. The molecule has 3 N–H and O–H groups in total. The van der Waals surface area contributed by atoms with Gasteiger partial charge in [0.1, 0.15) is 5.02 Å². The van der Waals surface area contributed by atoms with E-state index in [9.17, 15) is 4.79 Å². The van der Waals surface area contributed by atoms with Crippen LogP contribution in [0, 0.1) is 5.92 Å². The molecule has 0 spiro atoms. The number of hydrogen-bond acceptors (Lipinski definition) is 4. The molecule has 1 aliphatic carbocycles. The highest BCUT2D eigenvalue weighted by molar-refractivity contribution is 6.32. The molecule has 5 nitrogen and oxygen atoms in total. The topological polar surface area (TPSA) is 72.9 Å². The Hall–Kier alpha value is -1.07. The van der Waals surface area contributed by atoms with Crippen molar-refractivity contribution in [3.63, 3.8) is 0 Å². The molecule has 1 aliphatic rings. The zero-order valence-corrected chi connectivity index (χ0v) is 13.4. The maximum atomic E-state index is 12.1. The minimum atomic E-state index is -0.233. The molecule has 21 heavy (non-hydrogen) atoms. The molecule has 1 saturated carbocycles. The first-order chi connectivity index (χ1) is 10.2. The van der Waals surface area contributed by atoms with Gasteiger partial charge in [0.15, 0.2) is 0 Å². The molecule has 0 saturated heterocycles. The number of nitrogens with zero attached hydrogens (tertiary/aromatic N) is 2. The van der Waals surface area contributed by atoms with Crippen LogP contribution in [-0.2, 0) is 6.54 Å². The fraction of sp³-hybridized carbons (Fsp3) is 0.733. The first-order valence-corrected chi connectivity index (χ1v) is 8.27. The average Bonchev–Trinajstić information content (AvgIpc) is 2.52.